The van der Waals surface area contributed by atoms with Gasteiger partial charge < -0.3 is 4.42 Å². The number of furan rings is 1. The minimum Gasteiger partial charge on any atom is -0.453 e. The van der Waals surface area contributed by atoms with Crippen LogP contribution in [0.15, 0.2) is 56.1 Å². The van der Waals surface area contributed by atoms with Crippen LogP contribution in [0.25, 0.3) is 21.2 Å². The number of carbonyl (C=O) groups is 1. The molecule has 3 heterocycles. The highest BCUT2D eigenvalue weighted by molar-refractivity contribution is 7.99. The number of thiophene rings is 1. The number of para-hydroxylation sites is 1. The number of thioether (sulfide) groups is 1. The first-order valence-corrected chi connectivity index (χ1v) is 9.09. The fourth-order valence-electron chi connectivity index (χ4n) is 2.43. The molecule has 0 fully saturated rings. The molecule has 0 saturated carbocycles. The van der Waals surface area contributed by atoms with E-state index >= 15 is 0 Å². The monoisotopic (exact) mass is 356 g/mol. The topological polar surface area (TPSA) is 65.1 Å². The highest BCUT2D eigenvalue weighted by atomic mass is 32.2. The van der Waals surface area contributed by atoms with E-state index in [2.05, 4.69) is 4.98 Å². The smallest absolute Gasteiger partial charge is 0.262 e. The maximum atomic E-state index is 12.4. The zero-order valence-electron chi connectivity index (χ0n) is 12.7. The fraction of sp³-hybridized carbons (Fsp3) is 0.118. The molecule has 5 nitrogen and oxygen atoms in total. The van der Waals surface area contributed by atoms with Gasteiger partial charge in [0.05, 0.1) is 11.1 Å². The van der Waals surface area contributed by atoms with Crippen LogP contribution in [0, 0.1) is 0 Å². The van der Waals surface area contributed by atoms with Gasteiger partial charge in [0.15, 0.2) is 10.9 Å². The van der Waals surface area contributed by atoms with Crippen molar-refractivity contribution in [3.63, 3.8) is 0 Å². The van der Waals surface area contributed by atoms with E-state index in [0.29, 0.717) is 26.7 Å². The van der Waals surface area contributed by atoms with Gasteiger partial charge in [0.1, 0.15) is 10.4 Å². The molecule has 0 radical (unpaired) electrons. The van der Waals surface area contributed by atoms with E-state index in [-0.39, 0.29) is 17.1 Å². The summed E-state index contributed by atoms with van der Waals surface area (Å²) in [5, 5.41) is 3.87. The lowest BCUT2D eigenvalue weighted by molar-refractivity contribution is 0.0994. The zero-order valence-corrected chi connectivity index (χ0v) is 14.3. The average Bonchev–Trinajstić information content (AvgIpc) is 3.22. The van der Waals surface area contributed by atoms with E-state index in [4.69, 9.17) is 4.42 Å². The van der Waals surface area contributed by atoms with Crippen molar-refractivity contribution in [2.24, 2.45) is 7.05 Å². The molecule has 0 aliphatic heterocycles. The maximum Gasteiger partial charge on any atom is 0.262 e. The van der Waals surface area contributed by atoms with Crippen LogP contribution in [0.5, 0.6) is 0 Å². The molecule has 4 aromatic rings. The highest BCUT2D eigenvalue weighted by Crippen LogP contribution is 2.23. The summed E-state index contributed by atoms with van der Waals surface area (Å²) < 4.78 is 7.06. The summed E-state index contributed by atoms with van der Waals surface area (Å²) in [5.41, 5.74) is 0.594. The van der Waals surface area contributed by atoms with Gasteiger partial charge in [-0.25, -0.2) is 4.98 Å². The normalized spacial score (nSPS) is 11.4. The first-order valence-electron chi connectivity index (χ1n) is 7.22. The molecule has 0 spiro atoms. The van der Waals surface area contributed by atoms with E-state index in [1.54, 1.807) is 19.2 Å². The average molecular weight is 356 g/mol. The van der Waals surface area contributed by atoms with Crippen LogP contribution in [0.4, 0.5) is 0 Å². The van der Waals surface area contributed by atoms with Crippen molar-refractivity contribution in [2.45, 2.75) is 5.16 Å². The van der Waals surface area contributed by atoms with Crippen molar-refractivity contribution < 1.29 is 9.21 Å². The van der Waals surface area contributed by atoms with E-state index < -0.39 is 0 Å². The van der Waals surface area contributed by atoms with E-state index in [1.807, 2.05) is 29.6 Å². The fourth-order valence-corrected chi connectivity index (χ4v) is 4.08. The van der Waals surface area contributed by atoms with Crippen molar-refractivity contribution in [1.29, 1.82) is 0 Å². The third-order valence-corrected chi connectivity index (χ3v) is 5.53. The molecule has 0 amide bonds. The van der Waals surface area contributed by atoms with E-state index in [1.165, 1.54) is 27.7 Å². The first kappa shape index (κ1) is 15.2. The van der Waals surface area contributed by atoms with Gasteiger partial charge in [0, 0.05) is 12.4 Å². The molecule has 0 unspecified atom stereocenters. The van der Waals surface area contributed by atoms with Crippen LogP contribution < -0.4 is 5.56 Å². The van der Waals surface area contributed by atoms with Crippen molar-refractivity contribution in [3.05, 3.63) is 57.9 Å². The number of carbonyl (C=O) groups excluding carboxylic acids is 1. The van der Waals surface area contributed by atoms with Crippen molar-refractivity contribution in [3.8, 4) is 0 Å². The van der Waals surface area contributed by atoms with Gasteiger partial charge >= 0.3 is 0 Å². The summed E-state index contributed by atoms with van der Waals surface area (Å²) >= 11 is 2.66. The van der Waals surface area contributed by atoms with E-state index in [0.717, 1.165) is 5.39 Å². The highest BCUT2D eigenvalue weighted by Gasteiger charge is 2.15. The van der Waals surface area contributed by atoms with Crippen LogP contribution in [0.2, 0.25) is 0 Å². The SMILES string of the molecule is Cn1c(SCC(=O)c2cc3ccccc3o2)nc2sccc2c1=O. The molecule has 7 heteroatoms. The van der Waals surface area contributed by atoms with Crippen LogP contribution in [-0.2, 0) is 7.05 Å². The Morgan fingerprint density at radius 2 is 2.17 bits per heavy atom. The van der Waals surface area contributed by atoms with Crippen molar-refractivity contribution in [2.75, 3.05) is 5.75 Å². The Labute approximate surface area is 144 Å². The van der Waals surface area contributed by atoms with Crippen LogP contribution >= 0.6 is 23.1 Å². The second-order valence-electron chi connectivity index (χ2n) is 5.26. The van der Waals surface area contributed by atoms with Crippen LogP contribution in [-0.4, -0.2) is 21.1 Å². The number of fused-ring (bicyclic) bond motifs is 2. The van der Waals surface area contributed by atoms with Crippen molar-refractivity contribution >= 4 is 50.1 Å². The maximum absolute atomic E-state index is 12.4. The second kappa shape index (κ2) is 5.92. The number of rotatable bonds is 4. The summed E-state index contributed by atoms with van der Waals surface area (Å²) in [6, 6.07) is 11.0. The molecular weight excluding hydrogens is 344 g/mol. The summed E-state index contributed by atoms with van der Waals surface area (Å²) in [6.07, 6.45) is 0. The number of ketones is 1. The number of Topliss-reactive ketones (excluding diaryl/α,β-unsaturated/α-hetero) is 1. The molecule has 0 aliphatic carbocycles. The van der Waals surface area contributed by atoms with Crippen LogP contribution in [0.1, 0.15) is 10.6 Å². The third kappa shape index (κ3) is 2.55. The Bertz CT molecular complexity index is 1090. The third-order valence-electron chi connectivity index (χ3n) is 3.70. The number of hydrogen-bond donors (Lipinski definition) is 0. The predicted octanol–water partition coefficient (Wildman–Crippen LogP) is 3.72. The summed E-state index contributed by atoms with van der Waals surface area (Å²) in [4.78, 5) is 29.8. The van der Waals surface area contributed by atoms with Gasteiger partial charge in [0.25, 0.3) is 5.56 Å². The van der Waals surface area contributed by atoms with Crippen LogP contribution in [0.3, 0.4) is 0 Å². The lowest BCUT2D eigenvalue weighted by Gasteiger charge is -2.05. The molecule has 0 N–H and O–H groups in total. The molecule has 24 heavy (non-hydrogen) atoms. The number of benzene rings is 1. The van der Waals surface area contributed by atoms with Gasteiger partial charge in [-0.1, -0.05) is 30.0 Å². The molecule has 0 bridgehead atoms. The Kier molecular flexibility index (Phi) is 3.74. The largest absolute Gasteiger partial charge is 0.453 e. The molecule has 0 aliphatic rings. The summed E-state index contributed by atoms with van der Waals surface area (Å²) in [7, 11) is 1.67. The Morgan fingerprint density at radius 3 is 3.00 bits per heavy atom. The minimum atomic E-state index is -0.128. The van der Waals surface area contributed by atoms with Gasteiger partial charge in [-0.2, -0.15) is 0 Å². The first-order chi connectivity index (χ1) is 11.6. The summed E-state index contributed by atoms with van der Waals surface area (Å²) in [5.74, 6) is 0.361. The number of nitrogens with zero attached hydrogens (tertiary/aromatic N) is 2. The lowest BCUT2D eigenvalue weighted by atomic mass is 10.2. The Hall–Kier alpha value is -2.38. The molecule has 3 aromatic heterocycles. The Balaban J connectivity index is 1.59. The standard InChI is InChI=1S/C17H12N2O3S2/c1-19-16(21)11-6-7-23-15(11)18-17(19)24-9-12(20)14-8-10-4-2-3-5-13(10)22-14/h2-8H,9H2,1H3. The molecule has 0 atom stereocenters. The van der Waals surface area contributed by atoms with Gasteiger partial charge in [0.2, 0.25) is 5.78 Å². The second-order valence-corrected chi connectivity index (χ2v) is 7.10. The van der Waals surface area contributed by atoms with Gasteiger partial charge in [-0.3, -0.25) is 14.2 Å². The quantitative estimate of drug-likeness (QED) is 0.317. The molecule has 1 aromatic carbocycles. The van der Waals surface area contributed by atoms with Gasteiger partial charge in [-0.15, -0.1) is 11.3 Å². The van der Waals surface area contributed by atoms with Gasteiger partial charge in [-0.05, 0) is 23.6 Å². The lowest BCUT2D eigenvalue weighted by Crippen LogP contribution is -2.19. The van der Waals surface area contributed by atoms with Crippen molar-refractivity contribution in [1.82, 2.24) is 9.55 Å². The van der Waals surface area contributed by atoms with E-state index in [9.17, 15) is 9.59 Å². The minimum absolute atomic E-state index is 0.0973. The molecule has 4 rings (SSSR count). The number of aromatic nitrogens is 2. The Morgan fingerprint density at radius 1 is 1.33 bits per heavy atom. The zero-order chi connectivity index (χ0) is 16.7. The summed E-state index contributed by atoms with van der Waals surface area (Å²) in [6.45, 7) is 0. The molecule has 120 valence electrons. The number of hydrogen-bond acceptors (Lipinski definition) is 6. The molecule has 0 saturated heterocycles. The molecular formula is C17H12N2O3S2. The predicted molar refractivity (Wildman–Crippen MR) is 96.1 cm³/mol.